The standard InChI is InChI=1S/C16H16ClFN4OS/c17-15-13(9-19)16(24-21-15)20-10-14(22-5-7-23-8-6-22)11-1-3-12(18)4-2-11/h1-4,14,20H,5-8,10H2. The van der Waals surface area contributed by atoms with Gasteiger partial charge in [-0.3, -0.25) is 4.90 Å². The van der Waals surface area contributed by atoms with Crippen LogP contribution in [-0.4, -0.2) is 42.1 Å². The van der Waals surface area contributed by atoms with Crippen LogP contribution in [0.2, 0.25) is 5.15 Å². The predicted octanol–water partition coefficient (Wildman–Crippen LogP) is 3.29. The fourth-order valence-electron chi connectivity index (χ4n) is 2.71. The van der Waals surface area contributed by atoms with E-state index in [1.807, 2.05) is 0 Å². The molecular weight excluding hydrogens is 351 g/mol. The maximum Gasteiger partial charge on any atom is 0.162 e. The first-order chi connectivity index (χ1) is 11.7. The van der Waals surface area contributed by atoms with Crippen LogP contribution in [0.15, 0.2) is 24.3 Å². The van der Waals surface area contributed by atoms with Gasteiger partial charge >= 0.3 is 0 Å². The molecule has 126 valence electrons. The van der Waals surface area contributed by atoms with E-state index in [1.54, 1.807) is 12.1 Å². The summed E-state index contributed by atoms with van der Waals surface area (Å²) < 4.78 is 22.7. The third-order valence-electron chi connectivity index (χ3n) is 3.96. The van der Waals surface area contributed by atoms with Crippen LogP contribution < -0.4 is 5.32 Å². The molecule has 1 aromatic carbocycles. The molecule has 0 saturated carbocycles. The van der Waals surface area contributed by atoms with Crippen molar-refractivity contribution in [3.05, 3.63) is 46.4 Å². The van der Waals surface area contributed by atoms with Crippen LogP contribution in [-0.2, 0) is 4.74 Å². The van der Waals surface area contributed by atoms with E-state index >= 15 is 0 Å². The minimum absolute atomic E-state index is 0.0434. The highest BCUT2D eigenvalue weighted by Gasteiger charge is 2.23. The molecular formula is C16H16ClFN4OS. The lowest BCUT2D eigenvalue weighted by molar-refractivity contribution is 0.0187. The molecule has 24 heavy (non-hydrogen) atoms. The Labute approximate surface area is 148 Å². The van der Waals surface area contributed by atoms with Gasteiger partial charge in [-0.1, -0.05) is 23.7 Å². The molecule has 1 fully saturated rings. The van der Waals surface area contributed by atoms with E-state index in [1.165, 1.54) is 23.7 Å². The van der Waals surface area contributed by atoms with E-state index in [0.717, 1.165) is 18.7 Å². The number of nitriles is 1. The number of aromatic nitrogens is 1. The second-order valence-corrected chi connectivity index (χ2v) is 6.52. The number of benzene rings is 1. The zero-order chi connectivity index (χ0) is 16.9. The van der Waals surface area contributed by atoms with Gasteiger partial charge in [-0.15, -0.1) is 0 Å². The second kappa shape index (κ2) is 7.90. The molecule has 1 N–H and O–H groups in total. The van der Waals surface area contributed by atoms with Crippen molar-refractivity contribution in [2.45, 2.75) is 6.04 Å². The number of hydrogen-bond acceptors (Lipinski definition) is 6. The number of halogens is 2. The van der Waals surface area contributed by atoms with Crippen LogP contribution in [0.3, 0.4) is 0 Å². The van der Waals surface area contributed by atoms with Gasteiger partial charge in [-0.05, 0) is 29.2 Å². The lowest BCUT2D eigenvalue weighted by Gasteiger charge is -2.35. The van der Waals surface area contributed by atoms with Gasteiger partial charge < -0.3 is 10.1 Å². The minimum Gasteiger partial charge on any atom is -0.379 e. The number of morpholine rings is 1. The molecule has 0 aliphatic carbocycles. The number of hydrogen-bond donors (Lipinski definition) is 1. The monoisotopic (exact) mass is 366 g/mol. The number of ether oxygens (including phenoxy) is 1. The van der Waals surface area contributed by atoms with Gasteiger partial charge in [0.2, 0.25) is 0 Å². The maximum atomic E-state index is 13.2. The maximum absolute atomic E-state index is 13.2. The summed E-state index contributed by atoms with van der Waals surface area (Å²) in [5.41, 5.74) is 1.38. The first kappa shape index (κ1) is 17.1. The molecule has 2 heterocycles. The van der Waals surface area contributed by atoms with Crippen molar-refractivity contribution in [1.29, 1.82) is 5.26 Å². The Hall–Kier alpha value is -1.72. The van der Waals surface area contributed by atoms with E-state index in [-0.39, 0.29) is 17.0 Å². The van der Waals surface area contributed by atoms with Gasteiger partial charge in [0.1, 0.15) is 22.5 Å². The van der Waals surface area contributed by atoms with Crippen LogP contribution in [0.4, 0.5) is 9.39 Å². The molecule has 5 nitrogen and oxygen atoms in total. The molecule has 1 aliphatic heterocycles. The third kappa shape index (κ3) is 3.84. The van der Waals surface area contributed by atoms with Crippen LogP contribution in [0, 0.1) is 17.1 Å². The Morgan fingerprint density at radius 2 is 2.08 bits per heavy atom. The van der Waals surface area contributed by atoms with Gasteiger partial charge in [0.15, 0.2) is 5.15 Å². The number of nitrogens with zero attached hydrogens (tertiary/aromatic N) is 3. The first-order valence-electron chi connectivity index (χ1n) is 7.55. The lowest BCUT2D eigenvalue weighted by Crippen LogP contribution is -2.41. The summed E-state index contributed by atoms with van der Waals surface area (Å²) in [5.74, 6) is -0.256. The van der Waals surface area contributed by atoms with Gasteiger partial charge in [-0.25, -0.2) is 4.39 Å². The van der Waals surface area contributed by atoms with Gasteiger partial charge in [0, 0.05) is 19.6 Å². The van der Waals surface area contributed by atoms with E-state index in [4.69, 9.17) is 16.3 Å². The van der Waals surface area contributed by atoms with Crippen molar-refractivity contribution < 1.29 is 9.13 Å². The smallest absolute Gasteiger partial charge is 0.162 e. The van der Waals surface area contributed by atoms with Gasteiger partial charge in [0.25, 0.3) is 0 Å². The zero-order valence-corrected chi connectivity index (χ0v) is 14.4. The summed E-state index contributed by atoms with van der Waals surface area (Å²) in [4.78, 5) is 2.29. The number of rotatable bonds is 5. The van der Waals surface area contributed by atoms with Gasteiger partial charge in [0.05, 0.1) is 19.3 Å². The Morgan fingerprint density at radius 1 is 1.38 bits per heavy atom. The molecule has 2 aromatic rings. The second-order valence-electron chi connectivity index (χ2n) is 5.39. The van der Waals surface area contributed by atoms with E-state index < -0.39 is 0 Å². The van der Waals surface area contributed by atoms with Crippen molar-refractivity contribution in [1.82, 2.24) is 9.27 Å². The molecule has 0 bridgehead atoms. The average molecular weight is 367 g/mol. The van der Waals surface area contributed by atoms with Crippen LogP contribution >= 0.6 is 23.1 Å². The van der Waals surface area contributed by atoms with E-state index in [0.29, 0.717) is 30.3 Å². The largest absolute Gasteiger partial charge is 0.379 e. The number of nitrogens with one attached hydrogen (secondary N) is 1. The fraction of sp³-hybridized carbons (Fsp3) is 0.375. The normalized spacial score (nSPS) is 16.5. The SMILES string of the molecule is N#Cc1c(Cl)nsc1NCC(c1ccc(F)cc1)N1CCOCC1. The highest BCUT2D eigenvalue weighted by Crippen LogP contribution is 2.29. The summed E-state index contributed by atoms with van der Waals surface area (Å²) in [6, 6.07) is 8.63. The fourth-order valence-corrected chi connectivity index (χ4v) is 3.65. The van der Waals surface area contributed by atoms with Crippen molar-refractivity contribution >= 4 is 28.1 Å². The molecule has 1 atom stereocenters. The van der Waals surface area contributed by atoms with Crippen molar-refractivity contribution in [3.8, 4) is 6.07 Å². The molecule has 0 spiro atoms. The van der Waals surface area contributed by atoms with E-state index in [9.17, 15) is 9.65 Å². The average Bonchev–Trinajstić information content (AvgIpc) is 2.97. The van der Waals surface area contributed by atoms with Crippen LogP contribution in [0.1, 0.15) is 17.2 Å². The summed E-state index contributed by atoms with van der Waals surface area (Å²) in [6.07, 6.45) is 0. The zero-order valence-electron chi connectivity index (χ0n) is 12.8. The minimum atomic E-state index is -0.256. The summed E-state index contributed by atoms with van der Waals surface area (Å²) in [7, 11) is 0. The Balaban J connectivity index is 1.79. The molecule has 3 rings (SSSR count). The Kier molecular flexibility index (Phi) is 5.63. The van der Waals surface area contributed by atoms with Crippen molar-refractivity contribution in [2.24, 2.45) is 0 Å². The lowest BCUT2D eigenvalue weighted by atomic mass is 10.0. The molecule has 0 amide bonds. The quantitative estimate of drug-likeness (QED) is 0.879. The molecule has 1 unspecified atom stereocenters. The van der Waals surface area contributed by atoms with Crippen molar-refractivity contribution in [2.75, 3.05) is 38.2 Å². The van der Waals surface area contributed by atoms with E-state index in [2.05, 4.69) is 20.7 Å². The third-order valence-corrected chi connectivity index (χ3v) is 5.14. The molecule has 1 aliphatic rings. The molecule has 0 radical (unpaired) electrons. The Bertz CT molecular complexity index is 725. The molecule has 8 heteroatoms. The summed E-state index contributed by atoms with van der Waals surface area (Å²) in [6.45, 7) is 3.52. The van der Waals surface area contributed by atoms with Crippen molar-refractivity contribution in [3.63, 3.8) is 0 Å². The topological polar surface area (TPSA) is 61.2 Å². The number of anilines is 1. The predicted molar refractivity (Wildman–Crippen MR) is 91.9 cm³/mol. The Morgan fingerprint density at radius 3 is 2.75 bits per heavy atom. The van der Waals surface area contributed by atoms with Gasteiger partial charge in [-0.2, -0.15) is 9.64 Å². The first-order valence-corrected chi connectivity index (χ1v) is 8.70. The van der Waals surface area contributed by atoms with Crippen LogP contribution in [0.5, 0.6) is 0 Å². The highest BCUT2D eigenvalue weighted by atomic mass is 35.5. The summed E-state index contributed by atoms with van der Waals surface area (Å²) >= 11 is 7.08. The summed E-state index contributed by atoms with van der Waals surface area (Å²) in [5, 5.41) is 13.3. The van der Waals surface area contributed by atoms with Crippen LogP contribution in [0.25, 0.3) is 0 Å². The molecule has 1 aromatic heterocycles. The molecule has 1 saturated heterocycles. The highest BCUT2D eigenvalue weighted by molar-refractivity contribution is 7.10.